The zero-order chi connectivity index (χ0) is 24.9. The number of hydrogen-bond donors (Lipinski definition) is 2. The molecule has 1 saturated heterocycles. The number of aliphatic hydroxyl groups excluding tert-OH is 1. The second kappa shape index (κ2) is 10.6. The van der Waals surface area contributed by atoms with Gasteiger partial charge in [0.2, 0.25) is 6.10 Å². The molecule has 2 N–H and O–H groups in total. The Kier molecular flexibility index (Phi) is 7.36. The molecule has 4 rings (SSSR count). The van der Waals surface area contributed by atoms with Crippen molar-refractivity contribution in [1.82, 2.24) is 4.90 Å². The number of benzene rings is 3. The molecule has 182 valence electrons. The molecule has 0 spiro atoms. The highest BCUT2D eigenvalue weighted by atomic mass is 16.6. The van der Waals surface area contributed by atoms with Gasteiger partial charge in [0.1, 0.15) is 24.2 Å². The van der Waals surface area contributed by atoms with E-state index in [0.29, 0.717) is 23.7 Å². The zero-order valence-corrected chi connectivity index (χ0v) is 19.7. The van der Waals surface area contributed by atoms with E-state index in [1.54, 1.807) is 12.1 Å². The maximum absolute atomic E-state index is 13.7. The Hall–Kier alpha value is -3.84. The van der Waals surface area contributed by atoms with Crippen LogP contribution in [0.3, 0.4) is 0 Å². The molecule has 35 heavy (non-hydrogen) atoms. The molecule has 1 heterocycles. The molecule has 3 aromatic rings. The predicted molar refractivity (Wildman–Crippen MR) is 130 cm³/mol. The van der Waals surface area contributed by atoms with Gasteiger partial charge in [0, 0.05) is 0 Å². The summed E-state index contributed by atoms with van der Waals surface area (Å²) in [7, 11) is 0. The first-order chi connectivity index (χ1) is 16.8. The van der Waals surface area contributed by atoms with Gasteiger partial charge in [-0.15, -0.1) is 0 Å². The molecule has 1 aliphatic heterocycles. The number of aromatic hydroxyl groups is 1. The van der Waals surface area contributed by atoms with Gasteiger partial charge in [0.05, 0.1) is 6.04 Å². The lowest BCUT2D eigenvalue weighted by atomic mass is 10.0. The number of carbonyl (C=O) groups is 2. The van der Waals surface area contributed by atoms with E-state index in [4.69, 9.17) is 9.47 Å². The summed E-state index contributed by atoms with van der Waals surface area (Å²) >= 11 is 0. The zero-order valence-electron chi connectivity index (χ0n) is 19.7. The van der Waals surface area contributed by atoms with Gasteiger partial charge in [-0.05, 0) is 53.3 Å². The van der Waals surface area contributed by atoms with Crippen molar-refractivity contribution in [3.8, 4) is 11.5 Å². The quantitative estimate of drug-likeness (QED) is 0.495. The molecule has 1 unspecified atom stereocenters. The van der Waals surface area contributed by atoms with Crippen molar-refractivity contribution in [2.75, 3.05) is 6.61 Å². The minimum absolute atomic E-state index is 0.0278. The van der Waals surface area contributed by atoms with E-state index in [1.165, 1.54) is 24.3 Å². The number of rotatable bonds is 8. The van der Waals surface area contributed by atoms with Crippen LogP contribution in [-0.2, 0) is 16.0 Å². The first kappa shape index (κ1) is 24.3. The fourth-order valence-corrected chi connectivity index (χ4v) is 4.08. The molecule has 3 atom stereocenters. The third kappa shape index (κ3) is 5.63. The van der Waals surface area contributed by atoms with Crippen LogP contribution in [0.2, 0.25) is 0 Å². The van der Waals surface area contributed by atoms with Crippen LogP contribution in [0.25, 0.3) is 0 Å². The van der Waals surface area contributed by atoms with E-state index in [0.717, 1.165) is 16.0 Å². The van der Waals surface area contributed by atoms with Gasteiger partial charge in [-0.2, -0.15) is 0 Å². The van der Waals surface area contributed by atoms with Gasteiger partial charge in [-0.1, -0.05) is 68.4 Å². The molecular formula is C28H29NO6. The number of phenols is 1. The van der Waals surface area contributed by atoms with Gasteiger partial charge in [0.25, 0.3) is 5.91 Å². The summed E-state index contributed by atoms with van der Waals surface area (Å²) in [5, 5.41) is 20.8. The van der Waals surface area contributed by atoms with Crippen LogP contribution in [0.5, 0.6) is 11.5 Å². The molecule has 7 nitrogen and oxygen atoms in total. The van der Waals surface area contributed by atoms with Crippen LogP contribution in [0.1, 0.15) is 42.6 Å². The maximum Gasteiger partial charge on any atom is 0.417 e. The van der Waals surface area contributed by atoms with Crippen LogP contribution in [0.15, 0.2) is 78.9 Å². The van der Waals surface area contributed by atoms with Gasteiger partial charge in [-0.3, -0.25) is 4.79 Å². The number of ether oxygens (including phenoxy) is 2. The normalized spacial score (nSPS) is 17.2. The highest BCUT2D eigenvalue weighted by Gasteiger charge is 2.44. The van der Waals surface area contributed by atoms with Gasteiger partial charge in [0.15, 0.2) is 0 Å². The molecule has 2 amide bonds. The van der Waals surface area contributed by atoms with Crippen molar-refractivity contribution < 1.29 is 29.3 Å². The largest absolute Gasteiger partial charge is 0.508 e. The average molecular weight is 476 g/mol. The summed E-state index contributed by atoms with van der Waals surface area (Å²) < 4.78 is 11.2. The number of cyclic esters (lactones) is 1. The lowest BCUT2D eigenvalue weighted by Crippen LogP contribution is -2.49. The fourth-order valence-electron chi connectivity index (χ4n) is 4.08. The lowest BCUT2D eigenvalue weighted by molar-refractivity contribution is -0.142. The summed E-state index contributed by atoms with van der Waals surface area (Å²) in [6.45, 7) is 4.20. The van der Waals surface area contributed by atoms with Crippen molar-refractivity contribution in [3.05, 3.63) is 95.6 Å². The van der Waals surface area contributed by atoms with Crippen LogP contribution >= 0.6 is 0 Å². The number of hydrogen-bond acceptors (Lipinski definition) is 6. The van der Waals surface area contributed by atoms with E-state index in [-0.39, 0.29) is 12.4 Å². The van der Waals surface area contributed by atoms with Crippen molar-refractivity contribution in [2.24, 2.45) is 0 Å². The number of carbonyl (C=O) groups excluding carboxylic acids is 2. The molecule has 1 fully saturated rings. The number of phenolic OH excluding ortho intramolecular Hbond substituents is 1. The summed E-state index contributed by atoms with van der Waals surface area (Å²) in [5.74, 6) is 0.0435. The minimum Gasteiger partial charge on any atom is -0.508 e. The topological polar surface area (TPSA) is 96.3 Å². The summed E-state index contributed by atoms with van der Waals surface area (Å²) in [6.07, 6.45) is -3.15. The number of imide groups is 1. The van der Waals surface area contributed by atoms with Crippen LogP contribution in [0.4, 0.5) is 4.79 Å². The summed E-state index contributed by atoms with van der Waals surface area (Å²) in [5.41, 5.74) is 2.42. The molecule has 0 saturated carbocycles. The molecule has 1 aliphatic rings. The highest BCUT2D eigenvalue weighted by Crippen LogP contribution is 2.29. The van der Waals surface area contributed by atoms with Crippen LogP contribution in [0, 0.1) is 0 Å². The van der Waals surface area contributed by atoms with Crippen molar-refractivity contribution >= 4 is 12.0 Å². The third-order valence-electron chi connectivity index (χ3n) is 6.09. The molecule has 0 radical (unpaired) electrons. The van der Waals surface area contributed by atoms with Gasteiger partial charge < -0.3 is 19.7 Å². The van der Waals surface area contributed by atoms with Crippen LogP contribution in [-0.4, -0.2) is 45.9 Å². The first-order valence-electron chi connectivity index (χ1n) is 11.6. The number of aliphatic hydroxyl groups is 1. The van der Waals surface area contributed by atoms with E-state index >= 15 is 0 Å². The Bertz CT molecular complexity index is 1140. The SMILES string of the molecule is CC(C)c1ccc(O[C@H](C(=O)N2C(=O)OCC2Cc2ccccc2)[C@H](O)c2ccc(O)cc2)cc1. The Balaban J connectivity index is 1.63. The van der Waals surface area contributed by atoms with Gasteiger partial charge >= 0.3 is 6.09 Å². The highest BCUT2D eigenvalue weighted by molar-refractivity contribution is 5.96. The molecule has 0 aliphatic carbocycles. The Morgan fingerprint density at radius 2 is 1.63 bits per heavy atom. The van der Waals surface area contributed by atoms with Crippen LogP contribution < -0.4 is 4.74 Å². The van der Waals surface area contributed by atoms with E-state index in [1.807, 2.05) is 42.5 Å². The van der Waals surface area contributed by atoms with Crippen molar-refractivity contribution in [1.29, 1.82) is 0 Å². The minimum atomic E-state index is -1.41. The summed E-state index contributed by atoms with van der Waals surface area (Å²) in [4.78, 5) is 27.4. The second-order valence-electron chi connectivity index (χ2n) is 8.93. The summed E-state index contributed by atoms with van der Waals surface area (Å²) in [6, 6.07) is 22.1. The van der Waals surface area contributed by atoms with Gasteiger partial charge in [-0.25, -0.2) is 9.69 Å². The number of nitrogens with zero attached hydrogens (tertiary/aromatic N) is 1. The molecule has 0 aromatic heterocycles. The monoisotopic (exact) mass is 475 g/mol. The maximum atomic E-state index is 13.7. The van der Waals surface area contributed by atoms with E-state index in [9.17, 15) is 19.8 Å². The third-order valence-corrected chi connectivity index (χ3v) is 6.09. The Labute approximate surface area is 204 Å². The lowest BCUT2D eigenvalue weighted by Gasteiger charge is -2.28. The molecule has 0 bridgehead atoms. The van der Waals surface area contributed by atoms with E-state index in [2.05, 4.69) is 13.8 Å². The Morgan fingerprint density at radius 1 is 1.00 bits per heavy atom. The molecule has 7 heteroatoms. The molecular weight excluding hydrogens is 446 g/mol. The molecule has 3 aromatic carbocycles. The number of amides is 2. The fraction of sp³-hybridized carbons (Fsp3) is 0.286. The second-order valence-corrected chi connectivity index (χ2v) is 8.93. The van der Waals surface area contributed by atoms with Crippen molar-refractivity contribution in [3.63, 3.8) is 0 Å². The first-order valence-corrected chi connectivity index (χ1v) is 11.6. The van der Waals surface area contributed by atoms with E-state index < -0.39 is 30.3 Å². The Morgan fingerprint density at radius 3 is 2.26 bits per heavy atom. The smallest absolute Gasteiger partial charge is 0.417 e. The predicted octanol–water partition coefficient (Wildman–Crippen LogP) is 4.59. The van der Waals surface area contributed by atoms with Crippen molar-refractivity contribution in [2.45, 2.75) is 44.4 Å². The standard InChI is InChI=1S/C28H29NO6/c1-18(2)20-10-14-24(15-11-20)35-26(25(31)21-8-12-23(30)13-9-21)27(32)29-22(17-34-28(29)33)16-19-6-4-3-5-7-19/h3-15,18,22,25-26,30-31H,16-17H2,1-2H3/t22?,25-,26+/m1/s1. The average Bonchev–Trinajstić information content (AvgIpc) is 3.22.